The van der Waals surface area contributed by atoms with Crippen molar-refractivity contribution in [2.45, 2.75) is 33.2 Å². The Kier molecular flexibility index (Phi) is 3.84. The minimum absolute atomic E-state index is 0.00490. The molecule has 1 amide bonds. The van der Waals surface area contributed by atoms with Crippen LogP contribution in [-0.2, 0) is 9.59 Å². The first-order valence-electron chi connectivity index (χ1n) is 6.91. The molecule has 1 aliphatic rings. The summed E-state index contributed by atoms with van der Waals surface area (Å²) in [6, 6.07) is 8.79. The fourth-order valence-electron chi connectivity index (χ4n) is 2.47. The molecule has 20 heavy (non-hydrogen) atoms. The van der Waals surface area contributed by atoms with Gasteiger partial charge in [0.1, 0.15) is 0 Å². The topological polar surface area (TPSA) is 66.4 Å². The highest BCUT2D eigenvalue weighted by Gasteiger charge is 2.51. The molecule has 1 aliphatic carbocycles. The molecule has 2 unspecified atom stereocenters. The SMILES string of the molecule is CC(C(=O)O)C(NC(=O)[C@H]1CC1(C)C)c1ccccc1. The fourth-order valence-corrected chi connectivity index (χ4v) is 2.47. The fraction of sp³-hybridized carbons (Fsp3) is 0.500. The molecule has 2 N–H and O–H groups in total. The van der Waals surface area contributed by atoms with E-state index in [9.17, 15) is 14.7 Å². The Hall–Kier alpha value is -1.84. The van der Waals surface area contributed by atoms with E-state index in [0.29, 0.717) is 0 Å². The van der Waals surface area contributed by atoms with Crippen LogP contribution in [0, 0.1) is 17.3 Å². The summed E-state index contributed by atoms with van der Waals surface area (Å²) in [5.74, 6) is -1.62. The molecule has 4 nitrogen and oxygen atoms in total. The summed E-state index contributed by atoms with van der Waals surface area (Å²) in [4.78, 5) is 23.5. The maximum absolute atomic E-state index is 12.2. The van der Waals surface area contributed by atoms with Crippen molar-refractivity contribution in [1.29, 1.82) is 0 Å². The number of benzene rings is 1. The summed E-state index contributed by atoms with van der Waals surface area (Å²) >= 11 is 0. The summed E-state index contributed by atoms with van der Waals surface area (Å²) in [5, 5.41) is 12.1. The number of carboxylic acid groups (broad SMARTS) is 1. The number of amides is 1. The predicted molar refractivity (Wildman–Crippen MR) is 76.0 cm³/mol. The van der Waals surface area contributed by atoms with Gasteiger partial charge >= 0.3 is 5.97 Å². The van der Waals surface area contributed by atoms with Gasteiger partial charge in [0, 0.05) is 5.92 Å². The van der Waals surface area contributed by atoms with Crippen LogP contribution in [0.1, 0.15) is 38.8 Å². The van der Waals surface area contributed by atoms with E-state index in [1.807, 2.05) is 30.3 Å². The lowest BCUT2D eigenvalue weighted by atomic mass is 9.94. The van der Waals surface area contributed by atoms with Gasteiger partial charge in [-0.05, 0) is 24.3 Å². The Labute approximate surface area is 119 Å². The first kappa shape index (κ1) is 14.6. The molecule has 1 saturated carbocycles. The zero-order chi connectivity index (χ0) is 14.9. The lowest BCUT2D eigenvalue weighted by Crippen LogP contribution is -2.37. The summed E-state index contributed by atoms with van der Waals surface area (Å²) in [7, 11) is 0. The van der Waals surface area contributed by atoms with E-state index < -0.39 is 17.9 Å². The number of carboxylic acids is 1. The Morgan fingerprint density at radius 1 is 1.30 bits per heavy atom. The van der Waals surface area contributed by atoms with Crippen molar-refractivity contribution in [1.82, 2.24) is 5.32 Å². The lowest BCUT2D eigenvalue weighted by Gasteiger charge is -2.23. The van der Waals surface area contributed by atoms with Gasteiger partial charge in [0.25, 0.3) is 0 Å². The summed E-state index contributed by atoms with van der Waals surface area (Å²) in [5.41, 5.74) is 0.867. The number of rotatable bonds is 5. The van der Waals surface area contributed by atoms with Gasteiger partial charge in [0.15, 0.2) is 0 Å². The Balaban J connectivity index is 2.16. The van der Waals surface area contributed by atoms with Gasteiger partial charge in [-0.3, -0.25) is 9.59 Å². The molecule has 3 atom stereocenters. The maximum Gasteiger partial charge on any atom is 0.308 e. The van der Waals surface area contributed by atoms with E-state index in [-0.39, 0.29) is 17.2 Å². The van der Waals surface area contributed by atoms with Gasteiger partial charge in [-0.15, -0.1) is 0 Å². The van der Waals surface area contributed by atoms with Crippen LogP contribution in [0.25, 0.3) is 0 Å². The van der Waals surface area contributed by atoms with Crippen LogP contribution in [0.5, 0.6) is 0 Å². The molecule has 4 heteroatoms. The molecule has 0 radical (unpaired) electrons. The average Bonchev–Trinajstić information content (AvgIpc) is 3.05. The van der Waals surface area contributed by atoms with Gasteiger partial charge in [0.2, 0.25) is 5.91 Å². The standard InChI is InChI=1S/C16H21NO3/c1-10(15(19)20)13(11-7-5-4-6-8-11)17-14(18)12-9-16(12,2)3/h4-8,10,12-13H,9H2,1-3H3,(H,17,18)(H,19,20)/t10?,12-,13?/m1/s1. The van der Waals surface area contributed by atoms with Gasteiger partial charge in [-0.1, -0.05) is 44.2 Å². The maximum atomic E-state index is 12.2. The highest BCUT2D eigenvalue weighted by molar-refractivity contribution is 5.83. The van der Waals surface area contributed by atoms with Crippen molar-refractivity contribution >= 4 is 11.9 Å². The third-order valence-corrected chi connectivity index (χ3v) is 4.18. The third kappa shape index (κ3) is 3.00. The normalized spacial score (nSPS) is 22.6. The van der Waals surface area contributed by atoms with E-state index in [0.717, 1.165) is 12.0 Å². The van der Waals surface area contributed by atoms with E-state index in [4.69, 9.17) is 0 Å². The van der Waals surface area contributed by atoms with Gasteiger partial charge in [-0.2, -0.15) is 0 Å². The number of carbonyl (C=O) groups is 2. The molecule has 0 bridgehead atoms. The summed E-state index contributed by atoms with van der Waals surface area (Å²) in [6.45, 7) is 5.73. The quantitative estimate of drug-likeness (QED) is 0.868. The molecular weight excluding hydrogens is 254 g/mol. The largest absolute Gasteiger partial charge is 0.481 e. The summed E-state index contributed by atoms with van der Waals surface area (Å²) < 4.78 is 0. The van der Waals surface area contributed by atoms with E-state index in [1.165, 1.54) is 0 Å². The molecule has 1 fully saturated rings. The van der Waals surface area contributed by atoms with Crippen LogP contribution in [0.15, 0.2) is 30.3 Å². The minimum atomic E-state index is -0.908. The van der Waals surface area contributed by atoms with Crippen LogP contribution in [0.3, 0.4) is 0 Å². The number of nitrogens with one attached hydrogen (secondary N) is 1. The Morgan fingerprint density at radius 2 is 1.85 bits per heavy atom. The molecule has 0 aromatic heterocycles. The van der Waals surface area contributed by atoms with Gasteiger partial charge < -0.3 is 10.4 Å². The van der Waals surface area contributed by atoms with Gasteiger partial charge in [-0.25, -0.2) is 0 Å². The van der Waals surface area contributed by atoms with E-state index in [2.05, 4.69) is 19.2 Å². The molecular formula is C16H21NO3. The van der Waals surface area contributed by atoms with Crippen LogP contribution < -0.4 is 5.32 Å². The number of aliphatic carboxylic acids is 1. The Morgan fingerprint density at radius 3 is 2.30 bits per heavy atom. The molecule has 0 saturated heterocycles. The third-order valence-electron chi connectivity index (χ3n) is 4.18. The smallest absolute Gasteiger partial charge is 0.308 e. The predicted octanol–water partition coefficient (Wildman–Crippen LogP) is 2.61. The molecule has 0 aliphatic heterocycles. The van der Waals surface area contributed by atoms with Crippen molar-refractivity contribution in [2.24, 2.45) is 17.3 Å². The van der Waals surface area contributed by atoms with Crippen molar-refractivity contribution in [3.63, 3.8) is 0 Å². The number of hydrogen-bond donors (Lipinski definition) is 2. The number of carbonyl (C=O) groups excluding carboxylic acids is 1. The minimum Gasteiger partial charge on any atom is -0.481 e. The molecule has 0 heterocycles. The second kappa shape index (κ2) is 5.27. The van der Waals surface area contributed by atoms with E-state index in [1.54, 1.807) is 6.92 Å². The number of hydrogen-bond acceptors (Lipinski definition) is 2. The first-order chi connectivity index (χ1) is 9.33. The highest BCUT2D eigenvalue weighted by atomic mass is 16.4. The molecule has 108 valence electrons. The molecule has 2 rings (SSSR count). The average molecular weight is 275 g/mol. The van der Waals surface area contributed by atoms with Crippen molar-refractivity contribution in [3.05, 3.63) is 35.9 Å². The van der Waals surface area contributed by atoms with Gasteiger partial charge in [0.05, 0.1) is 12.0 Å². The molecule has 1 aromatic rings. The van der Waals surface area contributed by atoms with Crippen LogP contribution in [0.4, 0.5) is 0 Å². The summed E-state index contributed by atoms with van der Waals surface area (Å²) in [6.07, 6.45) is 0.863. The van der Waals surface area contributed by atoms with Crippen LogP contribution in [0.2, 0.25) is 0 Å². The second-order valence-electron chi connectivity index (χ2n) is 6.27. The first-order valence-corrected chi connectivity index (χ1v) is 6.91. The zero-order valence-corrected chi connectivity index (χ0v) is 12.1. The molecule has 0 spiro atoms. The molecule has 1 aromatic carbocycles. The monoisotopic (exact) mass is 275 g/mol. The van der Waals surface area contributed by atoms with Crippen molar-refractivity contribution < 1.29 is 14.7 Å². The zero-order valence-electron chi connectivity index (χ0n) is 12.1. The van der Waals surface area contributed by atoms with E-state index >= 15 is 0 Å². The second-order valence-corrected chi connectivity index (χ2v) is 6.27. The highest BCUT2D eigenvalue weighted by Crippen LogP contribution is 2.51. The van der Waals surface area contributed by atoms with Crippen molar-refractivity contribution in [2.75, 3.05) is 0 Å². The van der Waals surface area contributed by atoms with Crippen LogP contribution >= 0.6 is 0 Å². The van der Waals surface area contributed by atoms with Crippen LogP contribution in [-0.4, -0.2) is 17.0 Å². The Bertz CT molecular complexity index is 510. The lowest BCUT2D eigenvalue weighted by molar-refractivity contribution is -0.142. The van der Waals surface area contributed by atoms with Crippen molar-refractivity contribution in [3.8, 4) is 0 Å².